The monoisotopic (exact) mass is 292 g/mol. The number of nitrogens with two attached hydrogens (primary N) is 1. The Hall–Kier alpha value is -1.40. The van der Waals surface area contributed by atoms with E-state index in [0.717, 1.165) is 6.42 Å². The maximum Gasteiger partial charge on any atom is 0.494 e. The summed E-state index contributed by atoms with van der Waals surface area (Å²) >= 11 is 0. The van der Waals surface area contributed by atoms with Crippen molar-refractivity contribution in [3.8, 4) is 0 Å². The number of nitrogen functional groups attached to an aromatic ring is 1. The zero-order valence-corrected chi connectivity index (χ0v) is 13.2. The number of nitrogens with zero attached hydrogens (tertiary/aromatic N) is 1. The van der Waals surface area contributed by atoms with Gasteiger partial charge < -0.3 is 15.0 Å². The van der Waals surface area contributed by atoms with Gasteiger partial charge in [-0.25, -0.2) is 4.39 Å². The molecule has 1 aromatic rings. The Morgan fingerprint density at radius 2 is 2.00 bits per heavy atom. The van der Waals surface area contributed by atoms with Gasteiger partial charge in [0, 0.05) is 18.8 Å². The first-order valence-electron chi connectivity index (χ1n) is 7.11. The molecule has 0 radical (unpaired) electrons. The van der Waals surface area contributed by atoms with E-state index in [1.54, 1.807) is 13.1 Å². The van der Waals surface area contributed by atoms with Crippen LogP contribution in [0.15, 0.2) is 17.1 Å². The van der Waals surface area contributed by atoms with Crippen LogP contribution in [0.4, 0.5) is 10.1 Å². The fourth-order valence-electron chi connectivity index (χ4n) is 2.48. The zero-order chi connectivity index (χ0) is 15.8. The van der Waals surface area contributed by atoms with Crippen molar-refractivity contribution in [3.05, 3.63) is 23.5 Å². The Labute approximate surface area is 125 Å². The molecular formula is C15H22BFN2O2. The van der Waals surface area contributed by atoms with Crippen molar-refractivity contribution in [1.82, 2.24) is 0 Å². The summed E-state index contributed by atoms with van der Waals surface area (Å²) in [5, 5.41) is 0. The molecule has 0 aromatic heterocycles. The highest BCUT2D eigenvalue weighted by molar-refractivity contribution is 6.62. The number of hydrogen-bond donors (Lipinski definition) is 1. The van der Waals surface area contributed by atoms with Crippen LogP contribution in [0.5, 0.6) is 0 Å². The summed E-state index contributed by atoms with van der Waals surface area (Å²) in [5.74, 6) is -0.488. The number of halogens is 1. The first-order chi connectivity index (χ1) is 9.74. The number of hydrogen-bond acceptors (Lipinski definition) is 4. The van der Waals surface area contributed by atoms with Gasteiger partial charge in [-0.05, 0) is 38.7 Å². The highest BCUT2D eigenvalue weighted by Gasteiger charge is 2.53. The van der Waals surface area contributed by atoms with Crippen LogP contribution >= 0.6 is 0 Å². The van der Waals surface area contributed by atoms with Gasteiger partial charge in [-0.15, -0.1) is 0 Å². The summed E-state index contributed by atoms with van der Waals surface area (Å²) in [6.45, 7) is 8.03. The third kappa shape index (κ3) is 2.70. The lowest BCUT2D eigenvalue weighted by Crippen LogP contribution is -2.44. The molecule has 1 aromatic carbocycles. The molecule has 1 heterocycles. The van der Waals surface area contributed by atoms with E-state index < -0.39 is 24.1 Å². The molecule has 1 aliphatic heterocycles. The van der Waals surface area contributed by atoms with Crippen molar-refractivity contribution in [2.24, 2.45) is 4.99 Å². The minimum atomic E-state index is -0.607. The fraction of sp³-hybridized carbons (Fsp3) is 0.533. The van der Waals surface area contributed by atoms with Gasteiger partial charge in [0.05, 0.1) is 16.9 Å². The van der Waals surface area contributed by atoms with Crippen LogP contribution in [-0.4, -0.2) is 31.6 Å². The smallest absolute Gasteiger partial charge is 0.399 e. The predicted molar refractivity (Wildman–Crippen MR) is 84.7 cm³/mol. The third-order valence-corrected chi connectivity index (χ3v) is 4.44. The lowest BCUT2D eigenvalue weighted by atomic mass is 9.78. The molecular weight excluding hydrogens is 270 g/mol. The summed E-state index contributed by atoms with van der Waals surface area (Å²) in [7, 11) is 1.01. The minimum Gasteiger partial charge on any atom is -0.399 e. The van der Waals surface area contributed by atoms with E-state index in [4.69, 9.17) is 15.0 Å². The molecule has 0 bridgehead atoms. The molecule has 21 heavy (non-hydrogen) atoms. The van der Waals surface area contributed by atoms with Crippen LogP contribution in [0.2, 0.25) is 0 Å². The molecule has 2 rings (SSSR count). The first-order valence-corrected chi connectivity index (χ1v) is 7.11. The van der Waals surface area contributed by atoms with E-state index in [1.807, 2.05) is 27.7 Å². The molecule has 1 aliphatic rings. The molecule has 6 heteroatoms. The Balaban J connectivity index is 2.41. The minimum absolute atomic E-state index is 0.0832. The van der Waals surface area contributed by atoms with Gasteiger partial charge in [0.15, 0.2) is 0 Å². The predicted octanol–water partition coefficient (Wildman–Crippen LogP) is 2.15. The van der Waals surface area contributed by atoms with Gasteiger partial charge in [-0.2, -0.15) is 0 Å². The van der Waals surface area contributed by atoms with Crippen molar-refractivity contribution in [2.45, 2.75) is 45.3 Å². The maximum atomic E-state index is 14.0. The molecule has 4 nitrogen and oxygen atoms in total. The van der Waals surface area contributed by atoms with Crippen molar-refractivity contribution < 1.29 is 13.7 Å². The van der Waals surface area contributed by atoms with Gasteiger partial charge in [0.25, 0.3) is 0 Å². The molecule has 0 saturated carbocycles. The van der Waals surface area contributed by atoms with Crippen molar-refractivity contribution >= 4 is 24.5 Å². The second-order valence-electron chi connectivity index (χ2n) is 6.06. The average molecular weight is 292 g/mol. The van der Waals surface area contributed by atoms with E-state index in [-0.39, 0.29) is 5.69 Å². The largest absolute Gasteiger partial charge is 0.494 e. The summed E-state index contributed by atoms with van der Waals surface area (Å²) in [6, 6.07) is 3.12. The average Bonchev–Trinajstić information content (AvgIpc) is 2.66. The molecule has 0 amide bonds. The van der Waals surface area contributed by atoms with Crippen LogP contribution in [-0.2, 0) is 9.31 Å². The van der Waals surface area contributed by atoms with Crippen molar-refractivity contribution in [3.63, 3.8) is 0 Å². The third-order valence-electron chi connectivity index (χ3n) is 4.44. The second-order valence-corrected chi connectivity index (χ2v) is 6.06. The summed E-state index contributed by atoms with van der Waals surface area (Å²) in [4.78, 5) is 3.90. The molecule has 1 unspecified atom stereocenters. The topological polar surface area (TPSA) is 56.8 Å². The van der Waals surface area contributed by atoms with E-state index in [1.165, 1.54) is 12.3 Å². The molecule has 1 fully saturated rings. The lowest BCUT2D eigenvalue weighted by molar-refractivity contribution is -0.0118. The van der Waals surface area contributed by atoms with Crippen molar-refractivity contribution in [1.29, 1.82) is 0 Å². The van der Waals surface area contributed by atoms with Crippen molar-refractivity contribution in [2.75, 3.05) is 12.8 Å². The Morgan fingerprint density at radius 3 is 2.52 bits per heavy atom. The van der Waals surface area contributed by atoms with E-state index in [2.05, 4.69) is 4.99 Å². The quantitative estimate of drug-likeness (QED) is 0.527. The highest BCUT2D eigenvalue weighted by atomic mass is 19.1. The van der Waals surface area contributed by atoms with Crippen LogP contribution in [0, 0.1) is 5.82 Å². The molecule has 2 N–H and O–H groups in total. The first kappa shape index (κ1) is 16.0. The molecule has 114 valence electrons. The number of rotatable bonds is 3. The van der Waals surface area contributed by atoms with Gasteiger partial charge in [0.2, 0.25) is 0 Å². The zero-order valence-electron chi connectivity index (χ0n) is 13.2. The lowest BCUT2D eigenvalue weighted by Gasteiger charge is -2.35. The van der Waals surface area contributed by atoms with E-state index in [9.17, 15) is 4.39 Å². The van der Waals surface area contributed by atoms with Crippen LogP contribution in [0.1, 0.15) is 39.7 Å². The molecule has 0 aliphatic carbocycles. The second kappa shape index (κ2) is 5.42. The normalized spacial score (nSPS) is 25.0. The van der Waals surface area contributed by atoms with Crippen LogP contribution in [0.25, 0.3) is 0 Å². The molecule has 1 saturated heterocycles. The standard InChI is InChI=1S/C15H22BFN2O2/c1-6-15(4)14(2,3)20-16(21-15)11-7-10(9-19-5)13(18)12(17)8-11/h7-9H,6,18H2,1-5H3. The van der Waals surface area contributed by atoms with E-state index in [0.29, 0.717) is 11.0 Å². The number of benzene rings is 1. The Bertz CT molecular complexity index is 577. The van der Waals surface area contributed by atoms with Gasteiger partial charge in [0.1, 0.15) is 5.82 Å². The maximum absolute atomic E-state index is 14.0. The number of aliphatic imine (C=N–C) groups is 1. The number of anilines is 1. The van der Waals surface area contributed by atoms with Gasteiger partial charge in [-0.1, -0.05) is 13.0 Å². The Morgan fingerprint density at radius 1 is 1.33 bits per heavy atom. The summed E-state index contributed by atoms with van der Waals surface area (Å²) in [5.41, 5.74) is 6.07. The van der Waals surface area contributed by atoms with Crippen LogP contribution in [0.3, 0.4) is 0 Å². The van der Waals surface area contributed by atoms with Gasteiger partial charge in [-0.3, -0.25) is 4.99 Å². The Kier molecular flexibility index (Phi) is 4.13. The molecule has 1 atom stereocenters. The SMILES string of the molecule is CCC1(C)OB(c2cc(F)c(N)c(C=NC)c2)OC1(C)C. The highest BCUT2D eigenvalue weighted by Crippen LogP contribution is 2.39. The van der Waals surface area contributed by atoms with Crippen LogP contribution < -0.4 is 11.2 Å². The summed E-state index contributed by atoms with van der Waals surface area (Å²) in [6.07, 6.45) is 2.33. The summed E-state index contributed by atoms with van der Waals surface area (Å²) < 4.78 is 26.0. The van der Waals surface area contributed by atoms with E-state index >= 15 is 0 Å². The molecule has 0 spiro atoms. The fourth-order valence-corrected chi connectivity index (χ4v) is 2.48. The van der Waals surface area contributed by atoms with Gasteiger partial charge >= 0.3 is 7.12 Å².